The van der Waals surface area contributed by atoms with E-state index >= 15 is 0 Å². The Bertz CT molecular complexity index is 362. The number of hydrogen-bond acceptors (Lipinski definition) is 9. The fraction of sp³-hybridized carbons (Fsp3) is 0.846. The van der Waals surface area contributed by atoms with E-state index in [1.807, 2.05) is 0 Å². The van der Waals surface area contributed by atoms with E-state index in [9.17, 15) is 25.2 Å². The van der Waals surface area contributed by atoms with Crippen LogP contribution in [0.2, 0.25) is 0 Å². The first-order valence-electron chi connectivity index (χ1n) is 6.65. The largest absolute Gasteiger partial charge is 0.467 e. The number of hydrogen-bond donors (Lipinski definition) is 6. The first-order chi connectivity index (χ1) is 10.2. The third-order valence-corrected chi connectivity index (χ3v) is 3.44. The van der Waals surface area contributed by atoms with Gasteiger partial charge in [-0.3, -0.25) is 0 Å². The normalized spacial score (nSPS) is 21.1. The molecule has 0 aliphatic heterocycles. The van der Waals surface area contributed by atoms with Gasteiger partial charge in [0.1, 0.15) is 12.2 Å². The van der Waals surface area contributed by atoms with Gasteiger partial charge in [-0.15, -0.1) is 0 Å². The molecule has 0 saturated heterocycles. The molecule has 0 aliphatic carbocycles. The molecule has 0 rings (SSSR count). The van der Waals surface area contributed by atoms with Crippen molar-refractivity contribution >= 4 is 12.2 Å². The highest BCUT2D eigenvalue weighted by molar-refractivity contribution is 5.78. The standard InChI is InChI=1S/C13H25NO8/c1-13(20,12(19)22-3)4-8(16)7(5-14)11(21-2)10(18)9(17)6-15/h5,7-11,14-18,20H,4,6H2,1-3H3. The summed E-state index contributed by atoms with van der Waals surface area (Å²) >= 11 is 0. The van der Waals surface area contributed by atoms with Gasteiger partial charge >= 0.3 is 5.97 Å². The highest BCUT2D eigenvalue weighted by Gasteiger charge is 2.41. The summed E-state index contributed by atoms with van der Waals surface area (Å²) in [4.78, 5) is 11.4. The van der Waals surface area contributed by atoms with Crippen LogP contribution in [0.4, 0.5) is 0 Å². The molecule has 0 aromatic rings. The molecule has 130 valence electrons. The lowest BCUT2D eigenvalue weighted by Crippen LogP contribution is -2.50. The predicted octanol–water partition coefficient (Wildman–Crippen LogP) is -2.34. The molecule has 0 aromatic heterocycles. The van der Waals surface area contributed by atoms with Crippen LogP contribution in [0.3, 0.4) is 0 Å². The van der Waals surface area contributed by atoms with E-state index in [4.69, 9.17) is 15.3 Å². The molecule has 22 heavy (non-hydrogen) atoms. The third kappa shape index (κ3) is 5.27. The molecule has 9 heteroatoms. The predicted molar refractivity (Wildman–Crippen MR) is 75.4 cm³/mol. The minimum Gasteiger partial charge on any atom is -0.467 e. The van der Waals surface area contributed by atoms with E-state index in [-0.39, 0.29) is 0 Å². The summed E-state index contributed by atoms with van der Waals surface area (Å²) in [5, 5.41) is 55.6. The Hall–Kier alpha value is -1.10. The second-order valence-corrected chi connectivity index (χ2v) is 5.22. The van der Waals surface area contributed by atoms with Crippen LogP contribution in [-0.2, 0) is 14.3 Å². The zero-order valence-corrected chi connectivity index (χ0v) is 12.8. The molecule has 0 bridgehead atoms. The summed E-state index contributed by atoms with van der Waals surface area (Å²) in [6.45, 7) is 0.408. The lowest BCUT2D eigenvalue weighted by Gasteiger charge is -2.34. The topological polar surface area (TPSA) is 161 Å². The molecule has 0 saturated carbocycles. The van der Waals surface area contributed by atoms with Crippen molar-refractivity contribution in [3.05, 3.63) is 0 Å². The van der Waals surface area contributed by atoms with Crippen molar-refractivity contribution in [1.29, 1.82) is 5.41 Å². The summed E-state index contributed by atoms with van der Waals surface area (Å²) in [6.07, 6.45) is -5.44. The molecule has 9 nitrogen and oxygen atoms in total. The Morgan fingerprint density at radius 2 is 1.82 bits per heavy atom. The summed E-state index contributed by atoms with van der Waals surface area (Å²) in [6, 6.07) is 0. The van der Waals surface area contributed by atoms with Crippen LogP contribution in [0.5, 0.6) is 0 Å². The van der Waals surface area contributed by atoms with E-state index in [0.29, 0.717) is 0 Å². The van der Waals surface area contributed by atoms with Gasteiger partial charge in [0.05, 0.1) is 25.9 Å². The quantitative estimate of drug-likeness (QED) is 0.192. The smallest absolute Gasteiger partial charge is 0.337 e. The Balaban J connectivity index is 5.13. The van der Waals surface area contributed by atoms with E-state index in [1.165, 1.54) is 7.11 Å². The number of ether oxygens (including phenoxy) is 2. The third-order valence-electron chi connectivity index (χ3n) is 3.44. The number of rotatable bonds is 10. The van der Waals surface area contributed by atoms with E-state index in [2.05, 4.69) is 4.74 Å². The van der Waals surface area contributed by atoms with Gasteiger partial charge in [-0.2, -0.15) is 0 Å². The summed E-state index contributed by atoms with van der Waals surface area (Å²) in [5.74, 6) is -2.09. The maximum atomic E-state index is 11.4. The zero-order chi connectivity index (χ0) is 17.5. The Kier molecular flexibility index (Phi) is 8.68. The number of methoxy groups -OCH3 is 2. The van der Waals surface area contributed by atoms with Crippen molar-refractivity contribution in [3.63, 3.8) is 0 Å². The SMILES string of the molecule is COC(=O)C(C)(O)CC(O)C(C=N)C(OC)C(O)C(O)CO. The maximum Gasteiger partial charge on any atom is 0.337 e. The van der Waals surface area contributed by atoms with Crippen LogP contribution in [0.25, 0.3) is 0 Å². The number of carbonyl (C=O) groups is 1. The van der Waals surface area contributed by atoms with Crippen molar-refractivity contribution in [2.24, 2.45) is 5.92 Å². The van der Waals surface area contributed by atoms with E-state index in [1.54, 1.807) is 0 Å². The van der Waals surface area contributed by atoms with Gasteiger partial charge in [0.15, 0.2) is 5.60 Å². The average molecular weight is 323 g/mol. The lowest BCUT2D eigenvalue weighted by molar-refractivity contribution is -0.165. The average Bonchev–Trinajstić information content (AvgIpc) is 2.49. The molecular formula is C13H25NO8. The molecule has 6 N–H and O–H groups in total. The molecular weight excluding hydrogens is 298 g/mol. The maximum absolute atomic E-state index is 11.4. The van der Waals surface area contributed by atoms with Crippen molar-refractivity contribution in [3.8, 4) is 0 Å². The van der Waals surface area contributed by atoms with Gasteiger partial charge in [-0.1, -0.05) is 0 Å². The van der Waals surface area contributed by atoms with Gasteiger partial charge in [-0.05, 0) is 6.92 Å². The van der Waals surface area contributed by atoms with Crippen molar-refractivity contribution in [2.45, 2.75) is 43.4 Å². The van der Waals surface area contributed by atoms with Crippen molar-refractivity contribution < 1.29 is 39.8 Å². The molecule has 0 amide bonds. The molecule has 6 unspecified atom stereocenters. The van der Waals surface area contributed by atoms with Gasteiger partial charge in [0, 0.05) is 25.7 Å². The van der Waals surface area contributed by atoms with Crippen molar-refractivity contribution in [1.82, 2.24) is 0 Å². The summed E-state index contributed by atoms with van der Waals surface area (Å²) in [5.41, 5.74) is -1.99. The number of aliphatic hydroxyl groups is 5. The first kappa shape index (κ1) is 20.9. The van der Waals surface area contributed by atoms with Crippen LogP contribution in [0, 0.1) is 11.3 Å². The molecule has 0 aromatic carbocycles. The number of carbonyl (C=O) groups excluding carboxylic acids is 1. The molecule has 6 atom stereocenters. The van der Waals surface area contributed by atoms with Crippen LogP contribution in [0.1, 0.15) is 13.3 Å². The fourth-order valence-electron chi connectivity index (χ4n) is 2.12. The van der Waals surface area contributed by atoms with Gasteiger partial charge in [0.25, 0.3) is 0 Å². The monoisotopic (exact) mass is 323 g/mol. The fourth-order valence-corrected chi connectivity index (χ4v) is 2.12. The Morgan fingerprint density at radius 3 is 2.18 bits per heavy atom. The molecule has 0 radical (unpaired) electrons. The first-order valence-corrected chi connectivity index (χ1v) is 6.65. The van der Waals surface area contributed by atoms with E-state index < -0.39 is 54.9 Å². The minimum absolute atomic E-state index is 0.471. The second-order valence-electron chi connectivity index (χ2n) is 5.22. The number of esters is 1. The number of aliphatic hydroxyl groups excluding tert-OH is 4. The van der Waals surface area contributed by atoms with Crippen LogP contribution in [0.15, 0.2) is 0 Å². The second kappa shape index (κ2) is 9.13. The molecule has 0 fully saturated rings. The van der Waals surface area contributed by atoms with Crippen LogP contribution >= 0.6 is 0 Å². The van der Waals surface area contributed by atoms with Crippen LogP contribution < -0.4 is 0 Å². The highest BCUT2D eigenvalue weighted by Crippen LogP contribution is 2.23. The van der Waals surface area contributed by atoms with Gasteiger partial charge in [-0.25, -0.2) is 4.79 Å². The Morgan fingerprint density at radius 1 is 1.27 bits per heavy atom. The van der Waals surface area contributed by atoms with Crippen LogP contribution in [-0.4, -0.2) is 88.6 Å². The lowest BCUT2D eigenvalue weighted by atomic mass is 9.85. The van der Waals surface area contributed by atoms with E-state index in [0.717, 1.165) is 20.2 Å². The summed E-state index contributed by atoms with van der Waals surface area (Å²) < 4.78 is 9.39. The minimum atomic E-state index is -1.99. The van der Waals surface area contributed by atoms with Gasteiger partial charge < -0.3 is 40.4 Å². The molecule has 0 aliphatic rings. The Labute approximate surface area is 128 Å². The van der Waals surface area contributed by atoms with Gasteiger partial charge in [0.2, 0.25) is 0 Å². The zero-order valence-electron chi connectivity index (χ0n) is 12.8. The summed E-state index contributed by atoms with van der Waals surface area (Å²) in [7, 11) is 2.27. The number of nitrogens with one attached hydrogen (secondary N) is 1. The molecule has 0 spiro atoms. The highest BCUT2D eigenvalue weighted by atomic mass is 16.5. The van der Waals surface area contributed by atoms with Crippen molar-refractivity contribution in [2.75, 3.05) is 20.8 Å². The molecule has 0 heterocycles.